The molecule has 0 spiro atoms. The number of hydrogen-bond donors (Lipinski definition) is 1. The van der Waals surface area contributed by atoms with E-state index in [9.17, 15) is 9.59 Å². The Morgan fingerprint density at radius 1 is 1.25 bits per heavy atom. The van der Waals surface area contributed by atoms with Gasteiger partial charge in [0.15, 0.2) is 5.78 Å². The number of pyridine rings is 1. The fourth-order valence-electron chi connectivity index (χ4n) is 1.53. The summed E-state index contributed by atoms with van der Waals surface area (Å²) in [7, 11) is 0. The lowest BCUT2D eigenvalue weighted by molar-refractivity contribution is 0.0699. The predicted molar refractivity (Wildman–Crippen MR) is 58.7 cm³/mol. The Balaban J connectivity index is 2.84. The van der Waals surface area contributed by atoms with Gasteiger partial charge in [0.1, 0.15) is 5.69 Å². The minimum absolute atomic E-state index is 0.107. The van der Waals surface area contributed by atoms with Crippen LogP contribution in [-0.2, 0) is 0 Å². The van der Waals surface area contributed by atoms with E-state index in [1.54, 1.807) is 24.3 Å². The van der Waals surface area contributed by atoms with Gasteiger partial charge >= 0.3 is 5.97 Å². The molecule has 0 bridgehead atoms. The number of ketones is 1. The van der Waals surface area contributed by atoms with Crippen molar-refractivity contribution >= 4 is 22.7 Å². The number of carbonyl (C=O) groups excluding carboxylic acids is 1. The maximum absolute atomic E-state index is 11.2. The first-order chi connectivity index (χ1) is 7.59. The average molecular weight is 215 g/mol. The monoisotopic (exact) mass is 215 g/mol. The molecule has 4 nitrogen and oxygen atoms in total. The predicted octanol–water partition coefficient (Wildman–Crippen LogP) is 2.14. The van der Waals surface area contributed by atoms with E-state index in [1.807, 2.05) is 0 Å². The summed E-state index contributed by atoms with van der Waals surface area (Å²) in [6.45, 7) is 1.36. The zero-order valence-electron chi connectivity index (χ0n) is 8.60. The van der Waals surface area contributed by atoms with Crippen molar-refractivity contribution in [3.63, 3.8) is 0 Å². The highest BCUT2D eigenvalue weighted by molar-refractivity contribution is 6.05. The molecular formula is C12H9NO3. The summed E-state index contributed by atoms with van der Waals surface area (Å²) in [4.78, 5) is 26.4. The molecule has 1 N–H and O–H groups in total. The third-order valence-corrected chi connectivity index (χ3v) is 2.31. The number of aromatic nitrogens is 1. The quantitative estimate of drug-likeness (QED) is 0.779. The average Bonchev–Trinajstić information content (AvgIpc) is 2.27. The van der Waals surface area contributed by atoms with Crippen molar-refractivity contribution < 1.29 is 14.7 Å². The van der Waals surface area contributed by atoms with Gasteiger partial charge in [0, 0.05) is 12.3 Å². The first-order valence-electron chi connectivity index (χ1n) is 4.73. The first-order valence-corrected chi connectivity index (χ1v) is 4.73. The summed E-state index contributed by atoms with van der Waals surface area (Å²) in [5.41, 5.74) is 0.805. The lowest BCUT2D eigenvalue weighted by Gasteiger charge is -2.04. The Kier molecular flexibility index (Phi) is 2.40. The van der Waals surface area contributed by atoms with Crippen molar-refractivity contribution in [3.05, 3.63) is 41.6 Å². The van der Waals surface area contributed by atoms with Crippen LogP contribution in [0.15, 0.2) is 30.3 Å². The van der Waals surface area contributed by atoms with Gasteiger partial charge in [0.05, 0.1) is 11.1 Å². The highest BCUT2D eigenvalue weighted by Gasteiger charge is 2.13. The number of benzene rings is 1. The number of carbonyl (C=O) groups is 2. The summed E-state index contributed by atoms with van der Waals surface area (Å²) < 4.78 is 0. The molecule has 1 aromatic heterocycles. The second-order valence-electron chi connectivity index (χ2n) is 3.43. The first kappa shape index (κ1) is 10.3. The number of rotatable bonds is 2. The maximum Gasteiger partial charge on any atom is 0.336 e. The van der Waals surface area contributed by atoms with E-state index in [0.717, 1.165) is 0 Å². The molecule has 0 amide bonds. The Labute approximate surface area is 91.5 Å². The van der Waals surface area contributed by atoms with E-state index in [1.165, 1.54) is 13.0 Å². The van der Waals surface area contributed by atoms with E-state index in [-0.39, 0.29) is 17.0 Å². The lowest BCUT2D eigenvalue weighted by atomic mass is 10.1. The molecule has 1 aromatic carbocycles. The number of hydrogen-bond acceptors (Lipinski definition) is 3. The lowest BCUT2D eigenvalue weighted by Crippen LogP contribution is -2.04. The van der Waals surface area contributed by atoms with E-state index in [4.69, 9.17) is 5.11 Å². The number of nitrogens with zero attached hydrogens (tertiary/aromatic N) is 1. The zero-order valence-corrected chi connectivity index (χ0v) is 8.60. The van der Waals surface area contributed by atoms with Crippen molar-refractivity contribution in [1.29, 1.82) is 0 Å². The molecule has 2 aromatic rings. The fourth-order valence-corrected chi connectivity index (χ4v) is 1.53. The van der Waals surface area contributed by atoms with Gasteiger partial charge < -0.3 is 5.11 Å². The number of fused-ring (bicyclic) bond motifs is 1. The van der Waals surface area contributed by atoms with Gasteiger partial charge in [-0.15, -0.1) is 0 Å². The van der Waals surface area contributed by atoms with Crippen molar-refractivity contribution in [3.8, 4) is 0 Å². The summed E-state index contributed by atoms with van der Waals surface area (Å²) >= 11 is 0. The number of aromatic carboxylic acids is 1. The van der Waals surface area contributed by atoms with Crippen LogP contribution < -0.4 is 0 Å². The topological polar surface area (TPSA) is 67.3 Å². The van der Waals surface area contributed by atoms with Crippen LogP contribution in [0.3, 0.4) is 0 Å². The zero-order chi connectivity index (χ0) is 11.7. The third-order valence-electron chi connectivity index (χ3n) is 2.31. The van der Waals surface area contributed by atoms with E-state index in [2.05, 4.69) is 4.98 Å². The molecule has 0 radical (unpaired) electrons. The number of Topliss-reactive ketones (excluding diaryl/α,β-unsaturated/α-hetero) is 1. The van der Waals surface area contributed by atoms with Crippen molar-refractivity contribution in [1.82, 2.24) is 4.98 Å². The molecular weight excluding hydrogens is 206 g/mol. The van der Waals surface area contributed by atoms with Crippen molar-refractivity contribution in [2.24, 2.45) is 0 Å². The van der Waals surface area contributed by atoms with Gasteiger partial charge in [-0.25, -0.2) is 9.78 Å². The Morgan fingerprint density at radius 2 is 1.94 bits per heavy atom. The number of carboxylic acid groups (broad SMARTS) is 1. The molecule has 0 unspecified atom stereocenters. The Bertz CT molecular complexity index is 590. The van der Waals surface area contributed by atoms with Crippen LogP contribution in [0.4, 0.5) is 0 Å². The van der Waals surface area contributed by atoms with Crippen LogP contribution >= 0.6 is 0 Å². The smallest absolute Gasteiger partial charge is 0.336 e. The molecule has 16 heavy (non-hydrogen) atoms. The summed E-state index contributed by atoms with van der Waals surface area (Å²) in [6, 6.07) is 8.17. The van der Waals surface area contributed by atoms with E-state index < -0.39 is 5.97 Å². The maximum atomic E-state index is 11.2. The van der Waals surface area contributed by atoms with Crippen LogP contribution in [0.25, 0.3) is 10.9 Å². The largest absolute Gasteiger partial charge is 0.478 e. The molecule has 0 atom stereocenters. The normalized spacial score (nSPS) is 10.3. The molecule has 0 saturated heterocycles. The molecule has 80 valence electrons. The van der Waals surface area contributed by atoms with Crippen LogP contribution in [0.5, 0.6) is 0 Å². The third kappa shape index (κ3) is 1.65. The van der Waals surface area contributed by atoms with Crippen molar-refractivity contribution in [2.45, 2.75) is 6.92 Å². The molecule has 0 aliphatic carbocycles. The van der Waals surface area contributed by atoms with Gasteiger partial charge in [-0.1, -0.05) is 18.2 Å². The molecule has 0 aliphatic rings. The summed E-state index contributed by atoms with van der Waals surface area (Å²) in [5.74, 6) is -1.30. The number of carboxylic acids is 1. The van der Waals surface area contributed by atoms with Gasteiger partial charge in [0.25, 0.3) is 0 Å². The van der Waals surface area contributed by atoms with Crippen LogP contribution in [0, 0.1) is 0 Å². The van der Waals surface area contributed by atoms with Gasteiger partial charge in [-0.2, -0.15) is 0 Å². The summed E-state index contributed by atoms with van der Waals surface area (Å²) in [6.07, 6.45) is 0. The summed E-state index contributed by atoms with van der Waals surface area (Å²) in [5, 5.41) is 9.59. The van der Waals surface area contributed by atoms with Crippen LogP contribution in [0.2, 0.25) is 0 Å². The van der Waals surface area contributed by atoms with Crippen molar-refractivity contribution in [2.75, 3.05) is 0 Å². The Hall–Kier alpha value is -2.23. The minimum Gasteiger partial charge on any atom is -0.478 e. The minimum atomic E-state index is -1.05. The number of para-hydroxylation sites is 1. The molecule has 1 heterocycles. The SMILES string of the molecule is CC(=O)c1cc(C(=O)O)c2ccccc2n1. The van der Waals surface area contributed by atoms with E-state index in [0.29, 0.717) is 10.9 Å². The van der Waals surface area contributed by atoms with Gasteiger partial charge in [-0.05, 0) is 12.1 Å². The fraction of sp³-hybridized carbons (Fsp3) is 0.0833. The second kappa shape index (κ2) is 3.73. The van der Waals surface area contributed by atoms with Crippen LogP contribution in [0.1, 0.15) is 27.8 Å². The molecule has 0 aliphatic heterocycles. The highest BCUT2D eigenvalue weighted by atomic mass is 16.4. The van der Waals surface area contributed by atoms with Gasteiger partial charge in [0.2, 0.25) is 0 Å². The van der Waals surface area contributed by atoms with Crippen LogP contribution in [-0.4, -0.2) is 21.8 Å². The molecule has 0 saturated carbocycles. The second-order valence-corrected chi connectivity index (χ2v) is 3.43. The molecule has 4 heteroatoms. The standard InChI is InChI=1S/C12H9NO3/c1-7(14)11-6-9(12(15)16)8-4-2-3-5-10(8)13-11/h2-6H,1H3,(H,15,16). The highest BCUT2D eigenvalue weighted by Crippen LogP contribution is 2.18. The molecule has 2 rings (SSSR count). The van der Waals surface area contributed by atoms with Gasteiger partial charge in [-0.3, -0.25) is 4.79 Å². The Morgan fingerprint density at radius 3 is 2.56 bits per heavy atom. The van der Waals surface area contributed by atoms with E-state index >= 15 is 0 Å². The molecule has 0 fully saturated rings.